The lowest BCUT2D eigenvalue weighted by atomic mass is 10.2. The highest BCUT2D eigenvalue weighted by Crippen LogP contribution is 2.36. The molecule has 0 atom stereocenters. The van der Waals surface area contributed by atoms with Crippen LogP contribution >= 0.6 is 11.3 Å². The number of amides is 1. The number of alkyl halides is 3. The van der Waals surface area contributed by atoms with Gasteiger partial charge in [0.25, 0.3) is 5.91 Å². The van der Waals surface area contributed by atoms with Crippen LogP contribution in [0.15, 0.2) is 0 Å². The number of thiophene rings is 1. The van der Waals surface area contributed by atoms with Gasteiger partial charge in [0.2, 0.25) is 0 Å². The zero-order chi connectivity index (χ0) is 15.5. The standard InChI is InChI=1S/C10H12F3N3O3S/c1-15-7(17)6-5(14)4(9(18)19-2)8(20-6)16-3-10(11,12)13/h16H,3,14H2,1-2H3,(H,15,17). The average molecular weight is 311 g/mol. The van der Waals surface area contributed by atoms with E-state index < -0.39 is 24.6 Å². The number of carbonyl (C=O) groups excluding carboxylic acids is 2. The second-order valence-electron chi connectivity index (χ2n) is 3.59. The zero-order valence-electron chi connectivity index (χ0n) is 10.6. The van der Waals surface area contributed by atoms with Gasteiger partial charge in [-0.1, -0.05) is 0 Å². The Hall–Kier alpha value is -1.97. The minimum atomic E-state index is -4.47. The second kappa shape index (κ2) is 5.99. The Balaban J connectivity index is 3.20. The van der Waals surface area contributed by atoms with Crippen molar-refractivity contribution in [2.24, 2.45) is 0 Å². The maximum Gasteiger partial charge on any atom is 0.405 e. The summed E-state index contributed by atoms with van der Waals surface area (Å²) in [5.41, 5.74) is 5.13. The normalized spacial score (nSPS) is 11.1. The van der Waals surface area contributed by atoms with Gasteiger partial charge in [0.1, 0.15) is 22.0 Å². The van der Waals surface area contributed by atoms with Gasteiger partial charge in [0, 0.05) is 7.05 Å². The van der Waals surface area contributed by atoms with E-state index in [9.17, 15) is 22.8 Å². The Morgan fingerprint density at radius 3 is 2.45 bits per heavy atom. The van der Waals surface area contributed by atoms with Crippen LogP contribution in [0.2, 0.25) is 0 Å². The summed E-state index contributed by atoms with van der Waals surface area (Å²) in [6, 6.07) is 0. The molecule has 0 aliphatic heterocycles. The molecule has 0 aliphatic rings. The minimum Gasteiger partial charge on any atom is -0.465 e. The minimum absolute atomic E-state index is 0.0578. The van der Waals surface area contributed by atoms with Crippen LogP contribution in [0.5, 0.6) is 0 Å². The van der Waals surface area contributed by atoms with E-state index in [2.05, 4.69) is 10.1 Å². The molecule has 20 heavy (non-hydrogen) atoms. The largest absolute Gasteiger partial charge is 0.465 e. The summed E-state index contributed by atoms with van der Waals surface area (Å²) in [5.74, 6) is -1.52. The SMILES string of the molecule is CNC(=O)c1sc(NCC(F)(F)F)c(C(=O)OC)c1N. The van der Waals surface area contributed by atoms with E-state index in [0.29, 0.717) is 11.3 Å². The van der Waals surface area contributed by atoms with E-state index in [0.717, 1.165) is 7.11 Å². The number of anilines is 2. The number of hydrogen-bond donors (Lipinski definition) is 3. The molecule has 0 bridgehead atoms. The quantitative estimate of drug-likeness (QED) is 0.732. The number of ether oxygens (including phenoxy) is 1. The summed E-state index contributed by atoms with van der Waals surface area (Å²) in [7, 11) is 2.40. The zero-order valence-corrected chi connectivity index (χ0v) is 11.4. The van der Waals surface area contributed by atoms with Crippen molar-refractivity contribution in [2.75, 3.05) is 31.8 Å². The number of hydrogen-bond acceptors (Lipinski definition) is 6. The van der Waals surface area contributed by atoms with Gasteiger partial charge in [-0.15, -0.1) is 11.3 Å². The van der Waals surface area contributed by atoms with Gasteiger partial charge in [-0.05, 0) is 0 Å². The van der Waals surface area contributed by atoms with Crippen molar-refractivity contribution in [3.63, 3.8) is 0 Å². The van der Waals surface area contributed by atoms with Gasteiger partial charge in [-0.25, -0.2) is 4.79 Å². The second-order valence-corrected chi connectivity index (χ2v) is 4.61. The Morgan fingerprint density at radius 1 is 1.40 bits per heavy atom. The third kappa shape index (κ3) is 3.53. The van der Waals surface area contributed by atoms with Crippen LogP contribution in [0.3, 0.4) is 0 Å². The summed E-state index contributed by atoms with van der Waals surface area (Å²) in [4.78, 5) is 23.0. The number of nitrogens with two attached hydrogens (primary N) is 1. The van der Waals surface area contributed by atoms with Crippen molar-refractivity contribution in [1.29, 1.82) is 0 Å². The molecular formula is C10H12F3N3O3S. The van der Waals surface area contributed by atoms with E-state index in [1.54, 1.807) is 0 Å². The fourth-order valence-corrected chi connectivity index (χ4v) is 2.39. The Bertz CT molecular complexity index is 528. The molecule has 0 saturated carbocycles. The van der Waals surface area contributed by atoms with Crippen molar-refractivity contribution in [3.05, 3.63) is 10.4 Å². The molecule has 1 amide bonds. The summed E-state index contributed by atoms with van der Waals surface area (Å²) in [5, 5.41) is 4.16. The molecule has 112 valence electrons. The number of methoxy groups -OCH3 is 1. The molecule has 10 heteroatoms. The van der Waals surface area contributed by atoms with Crippen LogP contribution < -0.4 is 16.4 Å². The number of carbonyl (C=O) groups is 2. The predicted molar refractivity (Wildman–Crippen MR) is 68.0 cm³/mol. The molecule has 0 radical (unpaired) electrons. The molecular weight excluding hydrogens is 299 g/mol. The van der Waals surface area contributed by atoms with E-state index in [1.165, 1.54) is 7.05 Å². The lowest BCUT2D eigenvalue weighted by Gasteiger charge is -2.09. The van der Waals surface area contributed by atoms with Crippen molar-refractivity contribution in [2.45, 2.75) is 6.18 Å². The fraction of sp³-hybridized carbons (Fsp3) is 0.400. The van der Waals surface area contributed by atoms with Crippen molar-refractivity contribution in [1.82, 2.24) is 5.32 Å². The summed E-state index contributed by atoms with van der Waals surface area (Å²) >= 11 is 0.654. The molecule has 6 nitrogen and oxygen atoms in total. The van der Waals surface area contributed by atoms with Gasteiger partial charge in [-0.3, -0.25) is 4.79 Å². The number of nitrogens with one attached hydrogen (secondary N) is 2. The van der Waals surface area contributed by atoms with Gasteiger partial charge in [0.15, 0.2) is 0 Å². The smallest absolute Gasteiger partial charge is 0.405 e. The first-order chi connectivity index (χ1) is 9.21. The maximum atomic E-state index is 12.2. The highest BCUT2D eigenvalue weighted by molar-refractivity contribution is 7.19. The highest BCUT2D eigenvalue weighted by Gasteiger charge is 2.30. The van der Waals surface area contributed by atoms with Crippen molar-refractivity contribution < 1.29 is 27.5 Å². The molecule has 0 aliphatic carbocycles. The maximum absolute atomic E-state index is 12.2. The number of esters is 1. The van der Waals surface area contributed by atoms with Crippen LogP contribution in [0.4, 0.5) is 23.9 Å². The summed E-state index contributed by atoms with van der Waals surface area (Å²) in [6.45, 7) is -1.36. The van der Waals surface area contributed by atoms with Crippen LogP contribution in [-0.2, 0) is 4.74 Å². The van der Waals surface area contributed by atoms with Gasteiger partial charge < -0.3 is 21.1 Å². The van der Waals surface area contributed by atoms with E-state index in [4.69, 9.17) is 5.73 Å². The van der Waals surface area contributed by atoms with Gasteiger partial charge in [-0.2, -0.15) is 13.2 Å². The predicted octanol–water partition coefficient (Wildman–Crippen LogP) is 1.45. The Kier molecular flexibility index (Phi) is 4.82. The third-order valence-electron chi connectivity index (χ3n) is 2.22. The molecule has 1 aromatic rings. The lowest BCUT2D eigenvalue weighted by Crippen LogP contribution is -2.22. The summed E-state index contributed by atoms with van der Waals surface area (Å²) < 4.78 is 41.1. The fourth-order valence-electron chi connectivity index (χ4n) is 1.34. The average Bonchev–Trinajstić information content (AvgIpc) is 2.71. The van der Waals surface area contributed by atoms with Gasteiger partial charge >= 0.3 is 12.1 Å². The topological polar surface area (TPSA) is 93.5 Å². The Morgan fingerprint density at radius 2 is 2.00 bits per heavy atom. The van der Waals surface area contributed by atoms with Crippen LogP contribution in [-0.4, -0.2) is 38.8 Å². The van der Waals surface area contributed by atoms with E-state index >= 15 is 0 Å². The molecule has 1 aromatic heterocycles. The first-order valence-corrected chi connectivity index (χ1v) is 6.06. The third-order valence-corrected chi connectivity index (χ3v) is 3.38. The monoisotopic (exact) mass is 311 g/mol. The molecule has 0 fully saturated rings. The number of halogens is 3. The molecule has 0 aromatic carbocycles. The Labute approximate surface area is 116 Å². The van der Waals surface area contributed by atoms with Crippen molar-refractivity contribution >= 4 is 33.9 Å². The molecule has 1 rings (SSSR count). The molecule has 0 saturated heterocycles. The number of rotatable bonds is 4. The molecule has 1 heterocycles. The lowest BCUT2D eigenvalue weighted by molar-refractivity contribution is -0.115. The first kappa shape index (κ1) is 16.1. The van der Waals surface area contributed by atoms with E-state index in [1.807, 2.05) is 5.32 Å². The summed E-state index contributed by atoms with van der Waals surface area (Å²) in [6.07, 6.45) is -4.47. The molecule has 0 unspecified atom stereocenters. The van der Waals surface area contributed by atoms with Gasteiger partial charge in [0.05, 0.1) is 12.8 Å². The van der Waals surface area contributed by atoms with Crippen LogP contribution in [0, 0.1) is 0 Å². The first-order valence-electron chi connectivity index (χ1n) is 5.24. The van der Waals surface area contributed by atoms with Crippen molar-refractivity contribution in [3.8, 4) is 0 Å². The van der Waals surface area contributed by atoms with Crippen LogP contribution in [0.1, 0.15) is 20.0 Å². The van der Waals surface area contributed by atoms with E-state index in [-0.39, 0.29) is 21.1 Å². The van der Waals surface area contributed by atoms with Crippen LogP contribution in [0.25, 0.3) is 0 Å². The highest BCUT2D eigenvalue weighted by atomic mass is 32.1. The number of nitrogen functional groups attached to an aromatic ring is 1. The molecule has 4 N–H and O–H groups in total. The molecule has 0 spiro atoms.